The van der Waals surface area contributed by atoms with Crippen LogP contribution in [0.1, 0.15) is 29.8 Å². The quantitative estimate of drug-likeness (QED) is 0.780. The summed E-state index contributed by atoms with van der Waals surface area (Å²) in [5, 5.41) is 0. The monoisotopic (exact) mass is 341 g/mol. The zero-order chi connectivity index (χ0) is 16.9. The van der Waals surface area contributed by atoms with Crippen molar-refractivity contribution in [1.82, 2.24) is 4.90 Å². The average Bonchev–Trinajstić information content (AvgIpc) is 2.59. The molecule has 1 aliphatic heterocycles. The van der Waals surface area contributed by atoms with Gasteiger partial charge in [-0.15, -0.1) is 11.8 Å². The molecule has 24 heavy (non-hydrogen) atoms. The third-order valence-corrected chi connectivity index (χ3v) is 5.21. The molecule has 3 nitrogen and oxygen atoms in total. The Morgan fingerprint density at radius 1 is 1.04 bits per heavy atom. The van der Waals surface area contributed by atoms with Crippen LogP contribution < -0.4 is 0 Å². The number of morpholine rings is 1. The first-order valence-electron chi connectivity index (χ1n) is 8.34. The Hall–Kier alpha value is -1.78. The van der Waals surface area contributed by atoms with Gasteiger partial charge in [-0.1, -0.05) is 42.5 Å². The highest BCUT2D eigenvalue weighted by atomic mass is 32.2. The molecule has 1 amide bonds. The lowest BCUT2D eigenvalue weighted by Crippen LogP contribution is -2.48. The number of nitrogens with zero attached hydrogens (tertiary/aromatic N) is 1. The number of hydrogen-bond donors (Lipinski definition) is 0. The Morgan fingerprint density at radius 3 is 2.38 bits per heavy atom. The van der Waals surface area contributed by atoms with Crippen molar-refractivity contribution in [3.63, 3.8) is 0 Å². The predicted molar refractivity (Wildman–Crippen MR) is 98.4 cm³/mol. The Labute approximate surface area is 148 Å². The normalized spacial score (nSPS) is 20.8. The van der Waals surface area contributed by atoms with E-state index in [0.717, 1.165) is 16.2 Å². The number of carbonyl (C=O) groups excluding carboxylic acids is 1. The van der Waals surface area contributed by atoms with Crippen LogP contribution in [-0.4, -0.2) is 36.1 Å². The lowest BCUT2D eigenvalue weighted by Gasteiger charge is -2.35. The average molecular weight is 341 g/mol. The van der Waals surface area contributed by atoms with Gasteiger partial charge in [-0.25, -0.2) is 0 Å². The van der Waals surface area contributed by atoms with E-state index in [9.17, 15) is 4.79 Å². The van der Waals surface area contributed by atoms with Crippen LogP contribution in [0.2, 0.25) is 0 Å². The first-order valence-corrected chi connectivity index (χ1v) is 9.32. The van der Waals surface area contributed by atoms with E-state index >= 15 is 0 Å². The summed E-state index contributed by atoms with van der Waals surface area (Å²) >= 11 is 1.72. The molecule has 0 spiro atoms. The Kier molecular flexibility index (Phi) is 5.59. The van der Waals surface area contributed by atoms with Gasteiger partial charge in [0.25, 0.3) is 5.91 Å². The zero-order valence-electron chi connectivity index (χ0n) is 14.1. The number of benzene rings is 2. The summed E-state index contributed by atoms with van der Waals surface area (Å²) in [6.45, 7) is 5.35. The molecule has 2 aromatic rings. The molecule has 3 rings (SSSR count). The molecule has 0 aromatic heterocycles. The van der Waals surface area contributed by atoms with Crippen molar-refractivity contribution in [3.05, 3.63) is 65.7 Å². The van der Waals surface area contributed by atoms with E-state index in [2.05, 4.69) is 12.1 Å². The molecule has 4 heteroatoms. The molecule has 1 heterocycles. The van der Waals surface area contributed by atoms with Gasteiger partial charge in [0.1, 0.15) is 0 Å². The van der Waals surface area contributed by atoms with Gasteiger partial charge in [0.05, 0.1) is 17.8 Å². The summed E-state index contributed by atoms with van der Waals surface area (Å²) in [5.74, 6) is 0.967. The van der Waals surface area contributed by atoms with Crippen molar-refractivity contribution in [2.24, 2.45) is 0 Å². The molecule has 0 unspecified atom stereocenters. The molecule has 0 bridgehead atoms. The fourth-order valence-corrected chi connectivity index (χ4v) is 4.02. The molecule has 1 fully saturated rings. The summed E-state index contributed by atoms with van der Waals surface area (Å²) in [6, 6.07) is 18.2. The van der Waals surface area contributed by atoms with Gasteiger partial charge in [0, 0.05) is 23.7 Å². The SMILES string of the molecule is C[C@H]1CN(C(=O)c2ccccc2SCc2ccccc2)C[C@H](C)O1. The van der Waals surface area contributed by atoms with Crippen LogP contribution >= 0.6 is 11.8 Å². The Morgan fingerprint density at radius 2 is 1.67 bits per heavy atom. The molecule has 0 N–H and O–H groups in total. The molecule has 0 aliphatic carbocycles. The molecule has 126 valence electrons. The minimum atomic E-state index is 0.0850. The van der Waals surface area contributed by atoms with E-state index in [1.807, 2.05) is 61.2 Å². The van der Waals surface area contributed by atoms with Crippen LogP contribution in [0.25, 0.3) is 0 Å². The van der Waals surface area contributed by atoms with Crippen molar-refractivity contribution < 1.29 is 9.53 Å². The summed E-state index contributed by atoms with van der Waals surface area (Å²) in [4.78, 5) is 15.9. The molecule has 0 radical (unpaired) electrons. The van der Waals surface area contributed by atoms with Gasteiger partial charge < -0.3 is 9.64 Å². The van der Waals surface area contributed by atoms with Crippen LogP contribution in [0, 0.1) is 0 Å². The van der Waals surface area contributed by atoms with E-state index in [0.29, 0.717) is 13.1 Å². The first kappa shape index (κ1) is 17.1. The second-order valence-electron chi connectivity index (χ2n) is 6.24. The number of thioether (sulfide) groups is 1. The topological polar surface area (TPSA) is 29.5 Å². The number of carbonyl (C=O) groups is 1. The summed E-state index contributed by atoms with van der Waals surface area (Å²) < 4.78 is 5.74. The van der Waals surface area contributed by atoms with Crippen LogP contribution in [0.5, 0.6) is 0 Å². The van der Waals surface area contributed by atoms with Gasteiger partial charge in [-0.05, 0) is 31.5 Å². The second-order valence-corrected chi connectivity index (χ2v) is 7.26. The van der Waals surface area contributed by atoms with E-state index in [1.54, 1.807) is 11.8 Å². The molecule has 2 atom stereocenters. The third kappa shape index (κ3) is 4.19. The predicted octanol–water partition coefficient (Wildman–Crippen LogP) is 4.23. The zero-order valence-corrected chi connectivity index (χ0v) is 15.0. The number of ether oxygens (including phenoxy) is 1. The minimum absolute atomic E-state index is 0.0850. The van der Waals surface area contributed by atoms with Crippen LogP contribution in [-0.2, 0) is 10.5 Å². The number of rotatable bonds is 4. The lowest BCUT2D eigenvalue weighted by molar-refractivity contribution is -0.0586. The van der Waals surface area contributed by atoms with E-state index in [4.69, 9.17) is 4.74 Å². The third-order valence-electron chi connectivity index (χ3n) is 4.06. The fraction of sp³-hybridized carbons (Fsp3) is 0.350. The second kappa shape index (κ2) is 7.86. The van der Waals surface area contributed by atoms with Gasteiger partial charge in [-0.3, -0.25) is 4.79 Å². The maximum absolute atomic E-state index is 13.0. The highest BCUT2D eigenvalue weighted by molar-refractivity contribution is 7.98. The van der Waals surface area contributed by atoms with Crippen molar-refractivity contribution in [2.75, 3.05) is 13.1 Å². The number of hydrogen-bond acceptors (Lipinski definition) is 3. The van der Waals surface area contributed by atoms with Crippen LogP contribution in [0.4, 0.5) is 0 Å². The van der Waals surface area contributed by atoms with Crippen molar-refractivity contribution in [3.8, 4) is 0 Å². The molecular weight excluding hydrogens is 318 g/mol. The first-order chi connectivity index (χ1) is 11.6. The number of amides is 1. The van der Waals surface area contributed by atoms with E-state index in [1.165, 1.54) is 5.56 Å². The molecule has 0 saturated carbocycles. The highest BCUT2D eigenvalue weighted by Crippen LogP contribution is 2.28. The van der Waals surface area contributed by atoms with Gasteiger partial charge in [0.2, 0.25) is 0 Å². The van der Waals surface area contributed by atoms with Crippen molar-refractivity contribution >= 4 is 17.7 Å². The van der Waals surface area contributed by atoms with E-state index < -0.39 is 0 Å². The van der Waals surface area contributed by atoms with E-state index in [-0.39, 0.29) is 18.1 Å². The van der Waals surface area contributed by atoms with Gasteiger partial charge in [-0.2, -0.15) is 0 Å². The summed E-state index contributed by atoms with van der Waals surface area (Å²) in [6.07, 6.45) is 0.170. The fourth-order valence-electron chi connectivity index (χ4n) is 3.02. The molecule has 1 saturated heterocycles. The molecular formula is C20H23NO2S. The molecule has 2 aromatic carbocycles. The maximum Gasteiger partial charge on any atom is 0.255 e. The summed E-state index contributed by atoms with van der Waals surface area (Å²) in [5.41, 5.74) is 2.05. The standard InChI is InChI=1S/C20H23NO2S/c1-15-12-21(13-16(2)23-15)20(22)18-10-6-7-11-19(18)24-14-17-8-4-3-5-9-17/h3-11,15-16H,12-14H2,1-2H3/t15-,16-/m0/s1. The molecule has 1 aliphatic rings. The minimum Gasteiger partial charge on any atom is -0.372 e. The highest BCUT2D eigenvalue weighted by Gasteiger charge is 2.27. The van der Waals surface area contributed by atoms with Crippen molar-refractivity contribution in [2.45, 2.75) is 36.7 Å². The van der Waals surface area contributed by atoms with Crippen LogP contribution in [0.15, 0.2) is 59.5 Å². The van der Waals surface area contributed by atoms with Gasteiger partial charge in [0.15, 0.2) is 0 Å². The largest absolute Gasteiger partial charge is 0.372 e. The Bertz CT molecular complexity index is 679. The lowest BCUT2D eigenvalue weighted by atomic mass is 10.1. The Balaban J connectivity index is 1.74. The van der Waals surface area contributed by atoms with Gasteiger partial charge >= 0.3 is 0 Å². The maximum atomic E-state index is 13.0. The smallest absolute Gasteiger partial charge is 0.255 e. The van der Waals surface area contributed by atoms with Crippen molar-refractivity contribution in [1.29, 1.82) is 0 Å². The van der Waals surface area contributed by atoms with Crippen LogP contribution in [0.3, 0.4) is 0 Å². The summed E-state index contributed by atoms with van der Waals surface area (Å²) in [7, 11) is 0.